The summed E-state index contributed by atoms with van der Waals surface area (Å²) < 4.78 is 11.2. The van der Waals surface area contributed by atoms with E-state index < -0.39 is 29.9 Å². The first-order chi connectivity index (χ1) is 16.3. The summed E-state index contributed by atoms with van der Waals surface area (Å²) in [4.78, 5) is 28.0. The van der Waals surface area contributed by atoms with E-state index in [2.05, 4.69) is 5.38 Å². The highest BCUT2D eigenvalue weighted by molar-refractivity contribution is 7.08. The lowest BCUT2D eigenvalue weighted by molar-refractivity contribution is -0.119. The van der Waals surface area contributed by atoms with E-state index in [1.807, 2.05) is 47.8 Å². The number of aliphatic hydroxyl groups excluding tert-OH is 1. The second kappa shape index (κ2) is 9.83. The summed E-state index contributed by atoms with van der Waals surface area (Å²) in [6.45, 7) is 5.25. The van der Waals surface area contributed by atoms with Crippen molar-refractivity contribution >= 4 is 28.7 Å². The van der Waals surface area contributed by atoms with E-state index in [1.165, 1.54) is 12.0 Å². The van der Waals surface area contributed by atoms with Crippen LogP contribution < -0.4 is 9.64 Å². The second-order valence-electron chi connectivity index (χ2n) is 8.38. The maximum absolute atomic E-state index is 13.3. The molecule has 0 saturated carbocycles. The summed E-state index contributed by atoms with van der Waals surface area (Å²) in [5, 5.41) is 14.9. The van der Waals surface area contributed by atoms with Gasteiger partial charge in [-0.2, -0.15) is 11.3 Å². The number of amides is 1. The van der Waals surface area contributed by atoms with Crippen LogP contribution in [0.4, 0.5) is 5.69 Å². The molecular formula is C27H27NO5S. The number of Topliss-reactive ketones (excluding diaryl/α,β-unsaturated/α-hetero) is 1. The number of para-hydroxylation sites is 1. The van der Waals surface area contributed by atoms with Gasteiger partial charge >= 0.3 is 0 Å². The van der Waals surface area contributed by atoms with Gasteiger partial charge in [0.2, 0.25) is 0 Å². The smallest absolute Gasteiger partial charge is 0.294 e. The van der Waals surface area contributed by atoms with Crippen molar-refractivity contribution in [2.24, 2.45) is 5.92 Å². The van der Waals surface area contributed by atoms with Gasteiger partial charge in [0.05, 0.1) is 11.6 Å². The highest BCUT2D eigenvalue weighted by atomic mass is 32.1. The number of ketones is 1. The Hall–Kier alpha value is -3.42. The van der Waals surface area contributed by atoms with Crippen molar-refractivity contribution in [1.82, 2.24) is 0 Å². The highest BCUT2D eigenvalue weighted by Crippen LogP contribution is 2.45. The molecule has 6 nitrogen and oxygen atoms in total. The van der Waals surface area contributed by atoms with E-state index >= 15 is 0 Å². The summed E-state index contributed by atoms with van der Waals surface area (Å²) in [6, 6.07) is 15.9. The van der Waals surface area contributed by atoms with Gasteiger partial charge in [0.25, 0.3) is 5.91 Å². The van der Waals surface area contributed by atoms with Crippen LogP contribution >= 0.6 is 11.3 Å². The molecule has 1 amide bonds. The Labute approximate surface area is 203 Å². The third kappa shape index (κ3) is 4.36. The number of thiophene rings is 1. The van der Waals surface area contributed by atoms with Crippen molar-refractivity contribution in [1.29, 1.82) is 0 Å². The number of benzene rings is 2. The van der Waals surface area contributed by atoms with Crippen LogP contribution in [-0.2, 0) is 14.3 Å². The maximum atomic E-state index is 13.3. The van der Waals surface area contributed by atoms with Crippen molar-refractivity contribution in [3.8, 4) is 16.9 Å². The predicted molar refractivity (Wildman–Crippen MR) is 133 cm³/mol. The Kier molecular flexibility index (Phi) is 6.86. The molecule has 2 unspecified atom stereocenters. The monoisotopic (exact) mass is 477 g/mol. The molecule has 4 rings (SSSR count). The molecule has 2 aromatic carbocycles. The quantitative estimate of drug-likeness (QED) is 0.408. The second-order valence-corrected chi connectivity index (χ2v) is 9.16. The van der Waals surface area contributed by atoms with Crippen LogP contribution in [0.15, 0.2) is 76.7 Å². The van der Waals surface area contributed by atoms with Crippen molar-refractivity contribution in [3.05, 3.63) is 82.3 Å². The van der Waals surface area contributed by atoms with Gasteiger partial charge in [0.15, 0.2) is 17.8 Å². The van der Waals surface area contributed by atoms with Gasteiger partial charge in [-0.25, -0.2) is 0 Å². The molecule has 0 fully saturated rings. The molecule has 2 atom stereocenters. The van der Waals surface area contributed by atoms with E-state index in [-0.39, 0.29) is 11.4 Å². The normalized spacial score (nSPS) is 16.9. The van der Waals surface area contributed by atoms with Gasteiger partial charge < -0.3 is 14.6 Å². The minimum Gasteiger partial charge on any atom is -0.503 e. The SMILES string of the molecule is COC(C)Oc1ccccc1C1C(C(=O)C(C)C)=C(O)C(=O)N1c1ccc(-c2ccsc2)cc1. The zero-order chi connectivity index (χ0) is 24.4. The topological polar surface area (TPSA) is 76.1 Å². The maximum Gasteiger partial charge on any atom is 0.294 e. The first-order valence-electron chi connectivity index (χ1n) is 11.0. The van der Waals surface area contributed by atoms with E-state index in [0.717, 1.165) is 11.1 Å². The summed E-state index contributed by atoms with van der Waals surface area (Å²) in [6.07, 6.45) is -0.543. The molecule has 0 radical (unpaired) electrons. The molecule has 1 aromatic heterocycles. The fourth-order valence-corrected chi connectivity index (χ4v) is 4.68. The molecular weight excluding hydrogens is 450 g/mol. The molecule has 176 valence electrons. The molecule has 0 spiro atoms. The zero-order valence-corrected chi connectivity index (χ0v) is 20.3. The number of carbonyl (C=O) groups is 2. The van der Waals surface area contributed by atoms with Gasteiger partial charge in [-0.3, -0.25) is 14.5 Å². The third-order valence-electron chi connectivity index (χ3n) is 5.84. The molecule has 1 N–H and O–H groups in total. The number of ether oxygens (including phenoxy) is 2. The standard InChI is InChI=1S/C27H27NO5S/c1-16(2)25(29)23-24(21-7-5-6-8-22(21)33-17(3)32-4)28(27(31)26(23)30)20-11-9-18(10-12-20)19-13-14-34-15-19/h5-17,24,30H,1-4H3. The highest BCUT2D eigenvalue weighted by Gasteiger charge is 2.45. The minimum absolute atomic E-state index is 0.0723. The molecule has 3 aromatic rings. The number of anilines is 1. The van der Waals surface area contributed by atoms with Crippen LogP contribution in [0.3, 0.4) is 0 Å². The van der Waals surface area contributed by atoms with Crippen molar-refractivity contribution < 1.29 is 24.2 Å². The van der Waals surface area contributed by atoms with Crippen molar-refractivity contribution in [2.45, 2.75) is 33.1 Å². The van der Waals surface area contributed by atoms with Crippen LogP contribution in [-0.4, -0.2) is 30.2 Å². The van der Waals surface area contributed by atoms with Gasteiger partial charge in [-0.1, -0.05) is 44.2 Å². The van der Waals surface area contributed by atoms with E-state index in [9.17, 15) is 14.7 Å². The van der Waals surface area contributed by atoms with Crippen LogP contribution in [0.5, 0.6) is 5.75 Å². The number of carbonyl (C=O) groups excluding carboxylic acids is 2. The van der Waals surface area contributed by atoms with Crippen LogP contribution in [0.2, 0.25) is 0 Å². The Morgan fingerprint density at radius 2 is 1.74 bits per heavy atom. The van der Waals surface area contributed by atoms with Gasteiger partial charge in [-0.15, -0.1) is 0 Å². The molecule has 7 heteroatoms. The number of aliphatic hydroxyl groups is 1. The fourth-order valence-electron chi connectivity index (χ4n) is 4.01. The predicted octanol–water partition coefficient (Wildman–Crippen LogP) is 5.91. The minimum atomic E-state index is -0.838. The third-order valence-corrected chi connectivity index (χ3v) is 6.52. The van der Waals surface area contributed by atoms with Crippen LogP contribution in [0.25, 0.3) is 11.1 Å². The number of rotatable bonds is 8. The van der Waals surface area contributed by atoms with Crippen molar-refractivity contribution in [2.75, 3.05) is 12.0 Å². The van der Waals surface area contributed by atoms with Crippen LogP contribution in [0.1, 0.15) is 32.4 Å². The van der Waals surface area contributed by atoms with E-state index in [0.29, 0.717) is 17.0 Å². The number of nitrogens with zero attached hydrogens (tertiary/aromatic N) is 1. The lowest BCUT2D eigenvalue weighted by Crippen LogP contribution is -2.32. The summed E-state index contributed by atoms with van der Waals surface area (Å²) in [5.74, 6) is -1.37. The molecule has 1 aliphatic rings. The average Bonchev–Trinajstić information content (AvgIpc) is 3.46. The first-order valence-corrected chi connectivity index (χ1v) is 12.0. The summed E-state index contributed by atoms with van der Waals surface area (Å²) in [5.41, 5.74) is 3.34. The van der Waals surface area contributed by atoms with Gasteiger partial charge in [0.1, 0.15) is 5.75 Å². The average molecular weight is 478 g/mol. The number of hydrogen-bond donors (Lipinski definition) is 1. The fraction of sp³-hybridized carbons (Fsp3) is 0.259. The van der Waals surface area contributed by atoms with E-state index in [4.69, 9.17) is 9.47 Å². The Morgan fingerprint density at radius 1 is 1.03 bits per heavy atom. The molecule has 0 bridgehead atoms. The van der Waals surface area contributed by atoms with Crippen LogP contribution in [0, 0.1) is 5.92 Å². The first kappa shape index (κ1) is 23.7. The molecule has 0 saturated heterocycles. The zero-order valence-electron chi connectivity index (χ0n) is 19.5. The number of methoxy groups -OCH3 is 1. The lowest BCUT2D eigenvalue weighted by Gasteiger charge is -2.29. The molecule has 1 aliphatic heterocycles. The molecule has 0 aliphatic carbocycles. The molecule has 2 heterocycles. The Morgan fingerprint density at radius 3 is 2.35 bits per heavy atom. The number of hydrogen-bond acceptors (Lipinski definition) is 6. The Balaban J connectivity index is 1.83. The summed E-state index contributed by atoms with van der Waals surface area (Å²) >= 11 is 1.61. The Bertz CT molecular complexity index is 1210. The van der Waals surface area contributed by atoms with Crippen molar-refractivity contribution in [3.63, 3.8) is 0 Å². The van der Waals surface area contributed by atoms with Gasteiger partial charge in [-0.05, 0) is 53.1 Å². The van der Waals surface area contributed by atoms with Gasteiger partial charge in [0, 0.05) is 24.3 Å². The lowest BCUT2D eigenvalue weighted by atomic mass is 9.90. The summed E-state index contributed by atoms with van der Waals surface area (Å²) in [7, 11) is 1.53. The largest absolute Gasteiger partial charge is 0.503 e. The van der Waals surface area contributed by atoms with E-state index in [1.54, 1.807) is 44.2 Å². The molecule has 34 heavy (non-hydrogen) atoms.